The molecule has 96 valence electrons. The smallest absolute Gasteiger partial charge is 0.0283 e. The van der Waals surface area contributed by atoms with E-state index in [4.69, 9.17) is 11.6 Å². The second-order valence-electron chi connectivity index (χ2n) is 6.93. The van der Waals surface area contributed by atoms with Crippen LogP contribution < -0.4 is 0 Å². The fraction of sp³-hybridized carbons (Fsp3) is 0.647. The Kier molecular flexibility index (Phi) is 2.52. The van der Waals surface area contributed by atoms with E-state index >= 15 is 0 Å². The van der Waals surface area contributed by atoms with Gasteiger partial charge in [0.05, 0.1) is 0 Å². The van der Waals surface area contributed by atoms with Crippen molar-refractivity contribution in [1.29, 1.82) is 0 Å². The van der Waals surface area contributed by atoms with Crippen molar-refractivity contribution in [2.24, 2.45) is 17.3 Å². The van der Waals surface area contributed by atoms with Gasteiger partial charge in [0, 0.05) is 5.88 Å². The molecule has 0 radical (unpaired) electrons. The lowest BCUT2D eigenvalue weighted by Gasteiger charge is -2.28. The zero-order chi connectivity index (χ0) is 12.2. The zero-order valence-corrected chi connectivity index (χ0v) is 11.7. The van der Waals surface area contributed by atoms with E-state index < -0.39 is 0 Å². The summed E-state index contributed by atoms with van der Waals surface area (Å²) in [5.41, 5.74) is 5.17. The Hall–Kier alpha value is -0.490. The Morgan fingerprint density at radius 3 is 2.67 bits per heavy atom. The number of alkyl halides is 1. The molecular weight excluding hydrogens is 240 g/mol. The molecule has 0 aliphatic heterocycles. The van der Waals surface area contributed by atoms with E-state index in [2.05, 4.69) is 18.2 Å². The third kappa shape index (κ3) is 1.81. The van der Waals surface area contributed by atoms with Crippen molar-refractivity contribution in [2.75, 3.05) is 5.88 Å². The summed E-state index contributed by atoms with van der Waals surface area (Å²) in [5.74, 6) is 2.91. The second-order valence-corrected chi connectivity index (χ2v) is 7.20. The van der Waals surface area contributed by atoms with Crippen LogP contribution in [0, 0.1) is 17.3 Å². The largest absolute Gasteiger partial charge is 0.126 e. The molecule has 0 nitrogen and oxygen atoms in total. The topological polar surface area (TPSA) is 0 Å². The second kappa shape index (κ2) is 4.00. The predicted octanol–water partition coefficient (Wildman–Crippen LogP) is 4.37. The predicted molar refractivity (Wildman–Crippen MR) is 76.2 cm³/mol. The molecule has 3 aliphatic rings. The van der Waals surface area contributed by atoms with Crippen LogP contribution in [-0.4, -0.2) is 5.88 Å². The summed E-state index contributed by atoms with van der Waals surface area (Å²) in [6.07, 6.45) is 9.42. The summed E-state index contributed by atoms with van der Waals surface area (Å²) >= 11 is 6.32. The number of halogens is 1. The highest BCUT2D eigenvalue weighted by atomic mass is 35.5. The van der Waals surface area contributed by atoms with Gasteiger partial charge >= 0.3 is 0 Å². The van der Waals surface area contributed by atoms with Crippen LogP contribution in [0.15, 0.2) is 18.2 Å². The van der Waals surface area contributed by atoms with Gasteiger partial charge in [-0.2, -0.15) is 0 Å². The van der Waals surface area contributed by atoms with Crippen molar-refractivity contribution >= 4 is 11.6 Å². The van der Waals surface area contributed by atoms with Crippen molar-refractivity contribution < 1.29 is 0 Å². The highest BCUT2D eigenvalue weighted by molar-refractivity contribution is 6.18. The molecule has 3 aliphatic carbocycles. The highest BCUT2D eigenvalue weighted by Gasteiger charge is 2.53. The van der Waals surface area contributed by atoms with Crippen LogP contribution in [0.1, 0.15) is 42.4 Å². The summed E-state index contributed by atoms with van der Waals surface area (Å²) < 4.78 is 0. The van der Waals surface area contributed by atoms with Crippen LogP contribution in [0.5, 0.6) is 0 Å². The fourth-order valence-electron chi connectivity index (χ4n) is 4.47. The number of aryl methyl sites for hydroxylation is 2. The van der Waals surface area contributed by atoms with Crippen LogP contribution in [0.4, 0.5) is 0 Å². The quantitative estimate of drug-likeness (QED) is 0.708. The molecule has 0 amide bonds. The summed E-state index contributed by atoms with van der Waals surface area (Å²) in [6.45, 7) is 0. The Labute approximate surface area is 115 Å². The van der Waals surface area contributed by atoms with Gasteiger partial charge in [0.25, 0.3) is 0 Å². The normalized spacial score (nSPS) is 36.5. The Bertz CT molecular complexity index is 466. The first kappa shape index (κ1) is 11.3. The maximum absolute atomic E-state index is 6.32. The minimum absolute atomic E-state index is 0.433. The highest BCUT2D eigenvalue weighted by Crippen LogP contribution is 2.61. The van der Waals surface area contributed by atoms with Crippen molar-refractivity contribution in [3.63, 3.8) is 0 Å². The van der Waals surface area contributed by atoms with E-state index in [1.54, 1.807) is 11.1 Å². The molecule has 1 aromatic rings. The molecule has 0 saturated heterocycles. The summed E-state index contributed by atoms with van der Waals surface area (Å²) in [7, 11) is 0. The molecule has 1 aromatic carbocycles. The van der Waals surface area contributed by atoms with Gasteiger partial charge in [-0.15, -0.1) is 11.6 Å². The van der Waals surface area contributed by atoms with E-state index in [1.807, 2.05) is 0 Å². The molecule has 18 heavy (non-hydrogen) atoms. The monoisotopic (exact) mass is 260 g/mol. The molecule has 0 N–H and O–H groups in total. The molecule has 2 fully saturated rings. The van der Waals surface area contributed by atoms with Gasteiger partial charge in [-0.25, -0.2) is 0 Å². The molecule has 2 saturated carbocycles. The molecule has 4 rings (SSSR count). The third-order valence-corrected chi connectivity index (χ3v) is 6.05. The van der Waals surface area contributed by atoms with Crippen LogP contribution in [-0.2, 0) is 19.3 Å². The van der Waals surface area contributed by atoms with Gasteiger partial charge in [-0.05, 0) is 78.9 Å². The molecule has 0 heterocycles. The molecule has 2 atom stereocenters. The fourth-order valence-corrected chi connectivity index (χ4v) is 4.79. The van der Waals surface area contributed by atoms with Crippen molar-refractivity contribution in [2.45, 2.75) is 44.9 Å². The van der Waals surface area contributed by atoms with Gasteiger partial charge in [-0.3, -0.25) is 0 Å². The summed E-state index contributed by atoms with van der Waals surface area (Å²) in [6, 6.07) is 7.21. The van der Waals surface area contributed by atoms with E-state index in [9.17, 15) is 0 Å². The Morgan fingerprint density at radius 1 is 1.11 bits per heavy atom. The van der Waals surface area contributed by atoms with Crippen LogP contribution >= 0.6 is 11.6 Å². The lowest BCUT2D eigenvalue weighted by atomic mass is 9.79. The first-order valence-corrected chi connectivity index (χ1v) is 7.98. The average Bonchev–Trinajstić information content (AvgIpc) is 2.81. The number of fused-ring (bicyclic) bond motifs is 2. The van der Waals surface area contributed by atoms with E-state index in [0.717, 1.165) is 17.7 Å². The first-order chi connectivity index (χ1) is 8.78. The molecule has 1 heteroatoms. The lowest BCUT2D eigenvalue weighted by molar-refractivity contribution is 0.303. The van der Waals surface area contributed by atoms with Crippen LogP contribution in [0.2, 0.25) is 0 Å². The zero-order valence-electron chi connectivity index (χ0n) is 10.9. The van der Waals surface area contributed by atoms with Crippen LogP contribution in [0.3, 0.4) is 0 Å². The summed E-state index contributed by atoms with van der Waals surface area (Å²) in [4.78, 5) is 0. The molecule has 2 unspecified atom stereocenters. The van der Waals surface area contributed by atoms with Crippen molar-refractivity contribution in [3.05, 3.63) is 34.9 Å². The van der Waals surface area contributed by atoms with Crippen LogP contribution in [0.25, 0.3) is 0 Å². The minimum atomic E-state index is 0.433. The van der Waals surface area contributed by atoms with Crippen molar-refractivity contribution in [3.8, 4) is 0 Å². The standard InChI is InChI=1S/C17H21Cl/c18-11-17(9-15-7-16(15)10-17)8-12-4-5-13-2-1-3-14(13)6-12/h4-6,15-16H,1-3,7-11H2. The SMILES string of the molecule is ClCC1(Cc2ccc3c(c2)CCC3)CC2CC2C1. The maximum atomic E-state index is 6.32. The minimum Gasteiger partial charge on any atom is -0.126 e. The van der Waals surface area contributed by atoms with Gasteiger partial charge in [0.1, 0.15) is 0 Å². The molecule has 0 spiro atoms. The molecular formula is C17H21Cl. The van der Waals surface area contributed by atoms with E-state index in [-0.39, 0.29) is 0 Å². The number of rotatable bonds is 3. The maximum Gasteiger partial charge on any atom is 0.0283 e. The number of hydrogen-bond acceptors (Lipinski definition) is 0. The van der Waals surface area contributed by atoms with Gasteiger partial charge < -0.3 is 0 Å². The van der Waals surface area contributed by atoms with E-state index in [0.29, 0.717) is 5.41 Å². The van der Waals surface area contributed by atoms with E-state index in [1.165, 1.54) is 50.5 Å². The number of benzene rings is 1. The van der Waals surface area contributed by atoms with Gasteiger partial charge in [0.2, 0.25) is 0 Å². The van der Waals surface area contributed by atoms with Gasteiger partial charge in [-0.1, -0.05) is 18.2 Å². The third-order valence-electron chi connectivity index (χ3n) is 5.48. The summed E-state index contributed by atoms with van der Waals surface area (Å²) in [5, 5.41) is 0. The Balaban J connectivity index is 1.56. The average molecular weight is 261 g/mol. The van der Waals surface area contributed by atoms with Gasteiger partial charge in [0.15, 0.2) is 0 Å². The molecule has 0 bridgehead atoms. The Morgan fingerprint density at radius 2 is 1.89 bits per heavy atom. The lowest BCUT2D eigenvalue weighted by Crippen LogP contribution is -2.24. The molecule has 0 aromatic heterocycles. The first-order valence-electron chi connectivity index (χ1n) is 7.45. The van der Waals surface area contributed by atoms with Crippen molar-refractivity contribution in [1.82, 2.24) is 0 Å². The number of hydrogen-bond donors (Lipinski definition) is 0.